The van der Waals surface area contributed by atoms with Crippen molar-refractivity contribution in [3.05, 3.63) is 107 Å². The van der Waals surface area contributed by atoms with Gasteiger partial charge < -0.3 is 26.6 Å². The van der Waals surface area contributed by atoms with E-state index in [4.69, 9.17) is 5.73 Å². The van der Waals surface area contributed by atoms with Crippen LogP contribution in [0.2, 0.25) is 0 Å². The van der Waals surface area contributed by atoms with E-state index in [0.29, 0.717) is 6.42 Å². The van der Waals surface area contributed by atoms with Crippen molar-refractivity contribution in [3.8, 4) is 0 Å². The van der Waals surface area contributed by atoms with Gasteiger partial charge in [-0.3, -0.25) is 23.7 Å². The van der Waals surface area contributed by atoms with Crippen molar-refractivity contribution in [1.29, 1.82) is 0 Å². The second-order valence-corrected chi connectivity index (χ2v) is 13.3. The fourth-order valence-electron chi connectivity index (χ4n) is 4.64. The number of halogens is 1. The molecule has 10 nitrogen and oxygen atoms in total. The number of amides is 4. The summed E-state index contributed by atoms with van der Waals surface area (Å²) in [6.07, 6.45) is -0.0318. The monoisotopic (exact) mass is 624 g/mol. The van der Waals surface area contributed by atoms with Gasteiger partial charge in [-0.25, -0.2) is 4.39 Å². The molecular formula is C32H38FN4O6P. The van der Waals surface area contributed by atoms with Crippen molar-refractivity contribution in [1.82, 2.24) is 16.0 Å². The minimum absolute atomic E-state index is 0.0639. The van der Waals surface area contributed by atoms with Crippen molar-refractivity contribution < 1.29 is 33.0 Å². The van der Waals surface area contributed by atoms with Crippen LogP contribution in [0.3, 0.4) is 0 Å². The Labute approximate surface area is 256 Å². The molecule has 0 bridgehead atoms. The van der Waals surface area contributed by atoms with Crippen LogP contribution in [-0.4, -0.2) is 46.8 Å². The molecule has 0 radical (unpaired) electrons. The lowest BCUT2D eigenvalue weighted by Crippen LogP contribution is -2.53. The number of primary amides is 1. The molecule has 4 atom stereocenters. The lowest BCUT2D eigenvalue weighted by molar-refractivity contribution is -0.131. The Morgan fingerprint density at radius 3 is 2.09 bits per heavy atom. The first-order valence-electron chi connectivity index (χ1n) is 14.2. The van der Waals surface area contributed by atoms with Crippen molar-refractivity contribution in [2.24, 2.45) is 11.7 Å². The quantitative estimate of drug-likeness (QED) is 0.162. The molecule has 0 aromatic heterocycles. The average molecular weight is 625 g/mol. The van der Waals surface area contributed by atoms with Crippen molar-refractivity contribution in [2.45, 2.75) is 51.0 Å². The first-order chi connectivity index (χ1) is 20.9. The molecule has 44 heavy (non-hydrogen) atoms. The molecule has 0 spiro atoms. The summed E-state index contributed by atoms with van der Waals surface area (Å²) in [6, 6.07) is 20.0. The number of nitrogens with two attached hydrogens (primary N) is 1. The largest absolute Gasteiger partial charge is 0.368 e. The molecule has 0 fully saturated rings. The minimum atomic E-state index is -4.52. The first-order valence-corrected chi connectivity index (χ1v) is 16.1. The molecule has 0 heterocycles. The summed E-state index contributed by atoms with van der Waals surface area (Å²) in [4.78, 5) is 62.5. The minimum Gasteiger partial charge on any atom is -0.368 e. The van der Waals surface area contributed by atoms with Gasteiger partial charge in [-0.15, -0.1) is 0 Å². The maximum atomic E-state index is 13.7. The first kappa shape index (κ1) is 34.2. The molecule has 0 saturated heterocycles. The molecule has 4 amide bonds. The van der Waals surface area contributed by atoms with E-state index in [0.717, 1.165) is 17.7 Å². The van der Waals surface area contributed by atoms with Gasteiger partial charge in [0.05, 0.1) is 0 Å². The summed E-state index contributed by atoms with van der Waals surface area (Å²) >= 11 is 0. The van der Waals surface area contributed by atoms with Crippen molar-refractivity contribution in [2.75, 3.05) is 6.16 Å². The van der Waals surface area contributed by atoms with E-state index in [1.54, 1.807) is 18.2 Å². The fourth-order valence-corrected chi connectivity index (χ4v) is 6.29. The van der Waals surface area contributed by atoms with Crippen LogP contribution in [0.15, 0.2) is 84.9 Å². The fraction of sp³-hybridized carbons (Fsp3) is 0.312. The van der Waals surface area contributed by atoms with Gasteiger partial charge in [0, 0.05) is 5.56 Å². The van der Waals surface area contributed by atoms with Crippen LogP contribution >= 0.6 is 7.37 Å². The Kier molecular flexibility index (Phi) is 12.4. The molecule has 6 N–H and O–H groups in total. The van der Waals surface area contributed by atoms with Crippen LogP contribution in [0.1, 0.15) is 54.0 Å². The highest BCUT2D eigenvalue weighted by atomic mass is 31.2. The van der Waals surface area contributed by atoms with Crippen LogP contribution in [0.5, 0.6) is 0 Å². The van der Waals surface area contributed by atoms with E-state index in [-0.39, 0.29) is 29.9 Å². The zero-order valence-corrected chi connectivity index (χ0v) is 25.5. The summed E-state index contributed by atoms with van der Waals surface area (Å²) in [5.41, 5.74) is 6.69. The molecule has 2 unspecified atom stereocenters. The predicted octanol–water partition coefficient (Wildman–Crippen LogP) is 3.66. The summed E-state index contributed by atoms with van der Waals surface area (Å²) in [6.45, 7) is 3.66. The van der Waals surface area contributed by atoms with Crippen LogP contribution in [0.4, 0.5) is 4.39 Å². The maximum absolute atomic E-state index is 13.7. The number of benzene rings is 3. The zero-order valence-electron chi connectivity index (χ0n) is 24.6. The molecule has 3 aromatic rings. The smallest absolute Gasteiger partial charge is 0.252 e. The Hall–Kier alpha value is -4.34. The standard InChI is InChI=1S/C32H38FN4O6P/c1-21(2)18-27(31(41)36-26(29(34)39)17-16-22-10-5-3-6-11-22)35-28(38)20-44(42,43)32(23-12-7-4-8-13-23)37-30(40)24-14-9-15-25(33)19-24/h3-15,19,21,26-27,32H,16-18,20H2,1-2H3,(H2,34,39)(H,35,38)(H,36,41)(H,37,40)(H,42,43)/t26-,27-,32?/m0/s1. The van der Waals surface area contributed by atoms with Gasteiger partial charge in [-0.2, -0.15) is 0 Å². The van der Waals surface area contributed by atoms with E-state index in [9.17, 15) is 33.0 Å². The van der Waals surface area contributed by atoms with E-state index >= 15 is 0 Å². The summed E-state index contributed by atoms with van der Waals surface area (Å²) in [5.74, 6) is -5.32. The summed E-state index contributed by atoms with van der Waals surface area (Å²) < 4.78 is 27.4. The zero-order chi connectivity index (χ0) is 32.3. The third kappa shape index (κ3) is 10.4. The Morgan fingerprint density at radius 2 is 1.50 bits per heavy atom. The number of carbonyl (C=O) groups is 4. The van der Waals surface area contributed by atoms with E-state index in [1.807, 2.05) is 44.2 Å². The molecule has 0 aliphatic carbocycles. The topological polar surface area (TPSA) is 168 Å². The molecule has 3 rings (SSSR count). The van der Waals surface area contributed by atoms with Crippen LogP contribution in [-0.2, 0) is 25.4 Å². The summed E-state index contributed by atoms with van der Waals surface area (Å²) in [5, 5.41) is 7.60. The number of hydrogen-bond donors (Lipinski definition) is 5. The molecule has 0 aliphatic rings. The highest BCUT2D eigenvalue weighted by molar-refractivity contribution is 7.59. The van der Waals surface area contributed by atoms with Gasteiger partial charge in [-0.1, -0.05) is 80.6 Å². The third-order valence-electron chi connectivity index (χ3n) is 6.83. The van der Waals surface area contributed by atoms with E-state index in [2.05, 4.69) is 16.0 Å². The maximum Gasteiger partial charge on any atom is 0.252 e. The SMILES string of the molecule is CC(C)C[C@H](NC(=O)CP(=O)(O)C(NC(=O)c1cccc(F)c1)c1ccccc1)C(=O)N[C@@H](CCc1ccccc1)C(N)=O. The second kappa shape index (κ2) is 15.9. The predicted molar refractivity (Wildman–Crippen MR) is 165 cm³/mol. The number of rotatable bonds is 15. The Morgan fingerprint density at radius 1 is 0.864 bits per heavy atom. The van der Waals surface area contributed by atoms with Gasteiger partial charge in [0.2, 0.25) is 25.1 Å². The lowest BCUT2D eigenvalue weighted by atomic mass is 10.0. The Bertz CT molecular complexity index is 1490. The van der Waals surface area contributed by atoms with Gasteiger partial charge >= 0.3 is 0 Å². The van der Waals surface area contributed by atoms with Gasteiger partial charge in [0.1, 0.15) is 29.8 Å². The normalized spacial score (nSPS) is 14.5. The van der Waals surface area contributed by atoms with E-state index < -0.39 is 60.8 Å². The number of nitrogens with one attached hydrogen (secondary N) is 3. The highest BCUT2D eigenvalue weighted by Gasteiger charge is 2.37. The molecular weight excluding hydrogens is 586 g/mol. The van der Waals surface area contributed by atoms with Crippen molar-refractivity contribution in [3.63, 3.8) is 0 Å². The van der Waals surface area contributed by atoms with Gasteiger partial charge in [-0.05, 0) is 54.5 Å². The molecule has 0 aliphatic heterocycles. The third-order valence-corrected chi connectivity index (χ3v) is 8.80. The van der Waals surface area contributed by atoms with Crippen LogP contribution < -0.4 is 21.7 Å². The summed E-state index contributed by atoms with van der Waals surface area (Å²) in [7, 11) is -4.52. The molecule has 3 aromatic carbocycles. The van der Waals surface area contributed by atoms with Crippen LogP contribution in [0, 0.1) is 11.7 Å². The molecule has 234 valence electrons. The number of aryl methyl sites for hydroxylation is 1. The molecule has 0 saturated carbocycles. The Balaban J connectivity index is 1.74. The highest BCUT2D eigenvalue weighted by Crippen LogP contribution is 2.53. The van der Waals surface area contributed by atoms with E-state index in [1.165, 1.54) is 24.3 Å². The molecule has 12 heteroatoms. The van der Waals surface area contributed by atoms with Crippen LogP contribution in [0.25, 0.3) is 0 Å². The van der Waals surface area contributed by atoms with Gasteiger partial charge in [0.25, 0.3) is 5.91 Å². The lowest BCUT2D eigenvalue weighted by Gasteiger charge is -2.26. The number of hydrogen-bond acceptors (Lipinski definition) is 5. The number of carbonyl (C=O) groups excluding carboxylic acids is 4. The second-order valence-electron chi connectivity index (χ2n) is 10.9. The average Bonchev–Trinajstić information content (AvgIpc) is 2.97. The van der Waals surface area contributed by atoms with Crippen molar-refractivity contribution >= 4 is 31.0 Å². The van der Waals surface area contributed by atoms with Gasteiger partial charge in [0.15, 0.2) is 0 Å².